The number of hydrogen-bond acceptors (Lipinski definition) is 5. The van der Waals surface area contributed by atoms with E-state index in [4.69, 9.17) is 4.74 Å². The fourth-order valence-corrected chi connectivity index (χ4v) is 1.79. The van der Waals surface area contributed by atoms with Crippen LogP contribution in [0.15, 0.2) is 42.7 Å². The number of nitrogens with zero attached hydrogens (tertiary/aromatic N) is 2. The van der Waals surface area contributed by atoms with Crippen molar-refractivity contribution in [3.8, 4) is 5.75 Å². The highest BCUT2D eigenvalue weighted by atomic mass is 19.1. The smallest absolute Gasteiger partial charge is 0.222 e. The summed E-state index contributed by atoms with van der Waals surface area (Å²) in [6.07, 6.45) is 4.29. The van der Waals surface area contributed by atoms with Gasteiger partial charge >= 0.3 is 0 Å². The summed E-state index contributed by atoms with van der Waals surface area (Å²) in [5, 5.41) is 5.77. The summed E-state index contributed by atoms with van der Waals surface area (Å²) in [6, 6.07) is 7.57. The van der Waals surface area contributed by atoms with E-state index in [1.54, 1.807) is 30.6 Å². The lowest BCUT2D eigenvalue weighted by molar-refractivity contribution is -0.120. The van der Waals surface area contributed by atoms with Crippen molar-refractivity contribution in [2.75, 3.05) is 25.0 Å². The third-order valence-electron chi connectivity index (χ3n) is 2.93. The van der Waals surface area contributed by atoms with Crippen molar-refractivity contribution in [3.63, 3.8) is 0 Å². The standard InChI is InChI=1S/C16H19FN4O2/c17-13-3-5-14(6-4-13)23-12-2-10-18-15(22)7-11-21-16-19-8-1-9-20-16/h1,3-6,8-9H,2,7,10-12H2,(H,18,22)(H,19,20,21). The molecule has 1 heterocycles. The number of rotatable bonds is 9. The number of carbonyl (C=O) groups is 1. The van der Waals surface area contributed by atoms with E-state index in [9.17, 15) is 9.18 Å². The molecule has 1 amide bonds. The zero-order chi connectivity index (χ0) is 16.3. The number of ether oxygens (including phenoxy) is 1. The van der Waals surface area contributed by atoms with Gasteiger partial charge in [0.1, 0.15) is 11.6 Å². The Bertz CT molecular complexity index is 593. The lowest BCUT2D eigenvalue weighted by Gasteiger charge is -2.08. The van der Waals surface area contributed by atoms with E-state index in [0.29, 0.717) is 44.2 Å². The van der Waals surface area contributed by atoms with Crippen LogP contribution in [0, 0.1) is 5.82 Å². The van der Waals surface area contributed by atoms with Gasteiger partial charge in [-0.2, -0.15) is 0 Å². The van der Waals surface area contributed by atoms with Gasteiger partial charge in [-0.05, 0) is 36.8 Å². The Morgan fingerprint density at radius 1 is 1.13 bits per heavy atom. The first kappa shape index (κ1) is 16.7. The lowest BCUT2D eigenvalue weighted by atomic mass is 10.3. The molecule has 0 saturated carbocycles. The molecule has 1 aromatic carbocycles. The lowest BCUT2D eigenvalue weighted by Crippen LogP contribution is -2.27. The third-order valence-corrected chi connectivity index (χ3v) is 2.93. The summed E-state index contributed by atoms with van der Waals surface area (Å²) < 4.78 is 18.1. The summed E-state index contributed by atoms with van der Waals surface area (Å²) in [5.41, 5.74) is 0. The average Bonchev–Trinajstić information content (AvgIpc) is 2.57. The van der Waals surface area contributed by atoms with Crippen LogP contribution in [0.25, 0.3) is 0 Å². The molecule has 0 saturated heterocycles. The summed E-state index contributed by atoms with van der Waals surface area (Å²) in [6.45, 7) is 1.46. The predicted octanol–water partition coefficient (Wildman–Crippen LogP) is 2.00. The van der Waals surface area contributed by atoms with Gasteiger partial charge in [-0.1, -0.05) is 0 Å². The number of anilines is 1. The molecule has 7 heteroatoms. The first-order valence-corrected chi connectivity index (χ1v) is 7.40. The maximum atomic E-state index is 12.7. The number of aromatic nitrogens is 2. The average molecular weight is 318 g/mol. The minimum absolute atomic E-state index is 0.0461. The number of amides is 1. The van der Waals surface area contributed by atoms with E-state index in [-0.39, 0.29) is 11.7 Å². The van der Waals surface area contributed by atoms with Crippen LogP contribution >= 0.6 is 0 Å². The molecule has 23 heavy (non-hydrogen) atoms. The Morgan fingerprint density at radius 2 is 1.87 bits per heavy atom. The van der Waals surface area contributed by atoms with Gasteiger partial charge in [0, 0.05) is 31.9 Å². The van der Waals surface area contributed by atoms with E-state index < -0.39 is 0 Å². The first-order chi connectivity index (χ1) is 11.2. The maximum absolute atomic E-state index is 12.7. The predicted molar refractivity (Wildman–Crippen MR) is 84.7 cm³/mol. The number of carbonyl (C=O) groups excluding carboxylic acids is 1. The number of nitrogens with one attached hydrogen (secondary N) is 2. The van der Waals surface area contributed by atoms with E-state index in [2.05, 4.69) is 20.6 Å². The molecule has 1 aromatic heterocycles. The molecule has 0 spiro atoms. The van der Waals surface area contributed by atoms with Crippen molar-refractivity contribution in [2.45, 2.75) is 12.8 Å². The molecule has 0 bridgehead atoms. The zero-order valence-corrected chi connectivity index (χ0v) is 12.7. The molecule has 2 aromatic rings. The second-order valence-corrected chi connectivity index (χ2v) is 4.76. The summed E-state index contributed by atoms with van der Waals surface area (Å²) in [4.78, 5) is 19.6. The minimum Gasteiger partial charge on any atom is -0.494 e. The monoisotopic (exact) mass is 318 g/mol. The summed E-state index contributed by atoms with van der Waals surface area (Å²) in [5.74, 6) is 0.784. The van der Waals surface area contributed by atoms with Gasteiger partial charge < -0.3 is 15.4 Å². The second kappa shape index (κ2) is 9.34. The molecule has 0 aliphatic rings. The fourth-order valence-electron chi connectivity index (χ4n) is 1.79. The van der Waals surface area contributed by atoms with Crippen LogP contribution in [0.4, 0.5) is 10.3 Å². The highest BCUT2D eigenvalue weighted by molar-refractivity contribution is 5.76. The molecular weight excluding hydrogens is 299 g/mol. The van der Waals surface area contributed by atoms with Gasteiger partial charge in [-0.15, -0.1) is 0 Å². The normalized spacial score (nSPS) is 10.1. The van der Waals surface area contributed by atoms with Crippen LogP contribution < -0.4 is 15.4 Å². The van der Waals surface area contributed by atoms with Crippen LogP contribution in [-0.2, 0) is 4.79 Å². The Labute approximate surface area is 134 Å². The maximum Gasteiger partial charge on any atom is 0.222 e. The SMILES string of the molecule is O=C(CCNc1ncccn1)NCCCOc1ccc(F)cc1. The van der Waals surface area contributed by atoms with Crippen molar-refractivity contribution in [2.24, 2.45) is 0 Å². The fraction of sp³-hybridized carbons (Fsp3) is 0.312. The van der Waals surface area contributed by atoms with Crippen molar-refractivity contribution >= 4 is 11.9 Å². The first-order valence-electron chi connectivity index (χ1n) is 7.40. The van der Waals surface area contributed by atoms with Gasteiger partial charge in [0.2, 0.25) is 11.9 Å². The van der Waals surface area contributed by atoms with Gasteiger partial charge in [-0.25, -0.2) is 14.4 Å². The molecule has 0 atom stereocenters. The third kappa shape index (κ3) is 6.73. The Hall–Kier alpha value is -2.70. The van der Waals surface area contributed by atoms with Crippen LogP contribution in [0.5, 0.6) is 5.75 Å². The summed E-state index contributed by atoms with van der Waals surface area (Å²) >= 11 is 0. The van der Waals surface area contributed by atoms with Crippen LogP contribution in [0.1, 0.15) is 12.8 Å². The molecule has 122 valence electrons. The van der Waals surface area contributed by atoms with Gasteiger partial charge in [0.05, 0.1) is 6.61 Å². The second-order valence-electron chi connectivity index (χ2n) is 4.76. The van der Waals surface area contributed by atoms with Crippen LogP contribution in [0.3, 0.4) is 0 Å². The van der Waals surface area contributed by atoms with Crippen molar-refractivity contribution in [1.82, 2.24) is 15.3 Å². The minimum atomic E-state index is -0.292. The number of halogens is 1. The Kier molecular flexibility index (Phi) is 6.77. The Balaban J connectivity index is 1.50. The topological polar surface area (TPSA) is 76.1 Å². The number of benzene rings is 1. The Morgan fingerprint density at radius 3 is 2.61 bits per heavy atom. The largest absolute Gasteiger partial charge is 0.494 e. The van der Waals surface area contributed by atoms with E-state index >= 15 is 0 Å². The molecule has 0 radical (unpaired) electrons. The van der Waals surface area contributed by atoms with E-state index in [0.717, 1.165) is 0 Å². The number of hydrogen-bond donors (Lipinski definition) is 2. The molecule has 0 fully saturated rings. The van der Waals surface area contributed by atoms with Gasteiger partial charge in [0.25, 0.3) is 0 Å². The molecule has 0 aliphatic carbocycles. The zero-order valence-electron chi connectivity index (χ0n) is 12.7. The molecule has 6 nitrogen and oxygen atoms in total. The van der Waals surface area contributed by atoms with Crippen LogP contribution in [-0.4, -0.2) is 35.6 Å². The van der Waals surface area contributed by atoms with Crippen LogP contribution in [0.2, 0.25) is 0 Å². The van der Waals surface area contributed by atoms with Crippen molar-refractivity contribution in [3.05, 3.63) is 48.5 Å². The molecule has 0 aliphatic heterocycles. The van der Waals surface area contributed by atoms with Crippen molar-refractivity contribution < 1.29 is 13.9 Å². The van der Waals surface area contributed by atoms with E-state index in [1.165, 1.54) is 12.1 Å². The molecule has 2 rings (SSSR count). The van der Waals surface area contributed by atoms with E-state index in [1.807, 2.05) is 0 Å². The summed E-state index contributed by atoms with van der Waals surface area (Å²) in [7, 11) is 0. The van der Waals surface area contributed by atoms with Crippen molar-refractivity contribution in [1.29, 1.82) is 0 Å². The highest BCUT2D eigenvalue weighted by Gasteiger charge is 2.01. The van der Waals surface area contributed by atoms with Gasteiger partial charge in [0.15, 0.2) is 0 Å². The quantitative estimate of drug-likeness (QED) is 0.692. The molecular formula is C16H19FN4O2. The molecule has 2 N–H and O–H groups in total. The highest BCUT2D eigenvalue weighted by Crippen LogP contribution is 2.10. The van der Waals surface area contributed by atoms with Gasteiger partial charge in [-0.3, -0.25) is 4.79 Å². The molecule has 0 unspecified atom stereocenters.